The smallest absolute Gasteiger partial charge is 0.127 e. The van der Waals surface area contributed by atoms with Gasteiger partial charge >= 0.3 is 0 Å². The van der Waals surface area contributed by atoms with Crippen LogP contribution >= 0.6 is 15.9 Å². The Morgan fingerprint density at radius 2 is 1.56 bits per heavy atom. The zero-order valence-corrected chi connectivity index (χ0v) is 12.3. The van der Waals surface area contributed by atoms with Gasteiger partial charge < -0.3 is 4.74 Å². The zero-order chi connectivity index (χ0) is 13.0. The average Bonchev–Trinajstić information content (AvgIpc) is 2.35. The molecule has 2 rings (SSSR count). The van der Waals surface area contributed by atoms with Gasteiger partial charge in [-0.25, -0.2) is 0 Å². The summed E-state index contributed by atoms with van der Waals surface area (Å²) >= 11 is 3.50. The largest absolute Gasteiger partial charge is 0.457 e. The number of ether oxygens (including phenoxy) is 1. The first-order valence-electron chi connectivity index (χ1n) is 6.09. The van der Waals surface area contributed by atoms with E-state index in [2.05, 4.69) is 41.9 Å². The van der Waals surface area contributed by atoms with Crippen LogP contribution in [0.3, 0.4) is 0 Å². The van der Waals surface area contributed by atoms with E-state index in [1.54, 1.807) is 0 Å². The molecule has 0 aliphatic carbocycles. The van der Waals surface area contributed by atoms with Gasteiger partial charge in [-0.15, -0.1) is 0 Å². The van der Waals surface area contributed by atoms with Crippen LogP contribution in [0.2, 0.25) is 0 Å². The second-order valence-corrected chi connectivity index (χ2v) is 5.18. The van der Waals surface area contributed by atoms with Gasteiger partial charge in [0.1, 0.15) is 11.5 Å². The summed E-state index contributed by atoms with van der Waals surface area (Å²) in [7, 11) is 0. The lowest BCUT2D eigenvalue weighted by Crippen LogP contribution is -1.96. The molecule has 0 saturated heterocycles. The second kappa shape index (κ2) is 6.05. The van der Waals surface area contributed by atoms with Crippen LogP contribution < -0.4 is 4.74 Å². The predicted octanol–water partition coefficient (Wildman–Crippen LogP) is 5.03. The molecule has 0 saturated carbocycles. The van der Waals surface area contributed by atoms with Crippen molar-refractivity contribution in [3.05, 3.63) is 59.2 Å². The van der Waals surface area contributed by atoms with Crippen molar-refractivity contribution in [1.29, 1.82) is 0 Å². The highest BCUT2D eigenvalue weighted by Crippen LogP contribution is 2.26. The van der Waals surface area contributed by atoms with Crippen molar-refractivity contribution in [2.24, 2.45) is 0 Å². The third-order valence-electron chi connectivity index (χ3n) is 2.99. The van der Waals surface area contributed by atoms with Crippen molar-refractivity contribution < 1.29 is 4.74 Å². The van der Waals surface area contributed by atoms with Crippen molar-refractivity contribution >= 4 is 15.9 Å². The van der Waals surface area contributed by atoms with Crippen LogP contribution in [0.4, 0.5) is 0 Å². The molecule has 1 nitrogen and oxygen atoms in total. The molecule has 0 fully saturated rings. The van der Waals surface area contributed by atoms with E-state index in [0.717, 1.165) is 23.2 Å². The minimum Gasteiger partial charge on any atom is -0.457 e. The van der Waals surface area contributed by atoms with Crippen molar-refractivity contribution in [3.63, 3.8) is 0 Å². The average molecular weight is 305 g/mol. The molecule has 0 spiro atoms. The fraction of sp³-hybridized carbons (Fsp3) is 0.250. The van der Waals surface area contributed by atoms with Gasteiger partial charge in [-0.3, -0.25) is 0 Å². The Labute approximate surface area is 117 Å². The van der Waals surface area contributed by atoms with Crippen LogP contribution in [-0.4, -0.2) is 5.33 Å². The quantitative estimate of drug-likeness (QED) is 0.720. The number of hydrogen-bond acceptors (Lipinski definition) is 1. The SMILES string of the molecule is Cc1cc(Oc2ccccc2)cc(C)c1CCBr. The van der Waals surface area contributed by atoms with Crippen LogP contribution in [0.15, 0.2) is 42.5 Å². The standard InChI is InChI=1S/C16H17BrO/c1-12-10-15(11-13(2)16(12)8-9-17)18-14-6-4-3-5-7-14/h3-7,10-11H,8-9H2,1-2H3. The van der Waals surface area contributed by atoms with Crippen molar-refractivity contribution in [2.75, 3.05) is 5.33 Å². The van der Waals surface area contributed by atoms with Crippen molar-refractivity contribution in [2.45, 2.75) is 20.3 Å². The number of aryl methyl sites for hydroxylation is 2. The van der Waals surface area contributed by atoms with Crippen LogP contribution in [0, 0.1) is 13.8 Å². The van der Waals surface area contributed by atoms with Crippen LogP contribution in [0.1, 0.15) is 16.7 Å². The predicted molar refractivity (Wildman–Crippen MR) is 79.9 cm³/mol. The number of alkyl halides is 1. The van der Waals surface area contributed by atoms with E-state index in [1.807, 2.05) is 30.3 Å². The molecule has 2 heteroatoms. The normalized spacial score (nSPS) is 10.4. The van der Waals surface area contributed by atoms with E-state index >= 15 is 0 Å². The highest BCUT2D eigenvalue weighted by molar-refractivity contribution is 9.09. The Morgan fingerprint density at radius 3 is 2.11 bits per heavy atom. The molecule has 0 aliphatic heterocycles. The topological polar surface area (TPSA) is 9.23 Å². The Hall–Kier alpha value is -1.28. The van der Waals surface area contributed by atoms with Gasteiger partial charge in [-0.2, -0.15) is 0 Å². The molecule has 0 bridgehead atoms. The summed E-state index contributed by atoms with van der Waals surface area (Å²) in [6.07, 6.45) is 1.06. The molecule has 0 N–H and O–H groups in total. The monoisotopic (exact) mass is 304 g/mol. The van der Waals surface area contributed by atoms with Gasteiger partial charge in [0.2, 0.25) is 0 Å². The molecular weight excluding hydrogens is 288 g/mol. The van der Waals surface area contributed by atoms with E-state index in [4.69, 9.17) is 4.74 Å². The minimum atomic E-state index is 0.879. The van der Waals surface area contributed by atoms with Gasteiger partial charge in [0, 0.05) is 5.33 Å². The summed E-state index contributed by atoms with van der Waals surface area (Å²) in [4.78, 5) is 0. The fourth-order valence-corrected chi connectivity index (χ4v) is 2.52. The van der Waals surface area contributed by atoms with E-state index < -0.39 is 0 Å². The molecular formula is C16H17BrO. The summed E-state index contributed by atoms with van der Waals surface area (Å²) < 4.78 is 5.86. The lowest BCUT2D eigenvalue weighted by Gasteiger charge is -2.12. The maximum absolute atomic E-state index is 5.86. The van der Waals surface area contributed by atoms with Gasteiger partial charge in [-0.1, -0.05) is 34.1 Å². The fourth-order valence-electron chi connectivity index (χ4n) is 2.13. The lowest BCUT2D eigenvalue weighted by molar-refractivity contribution is 0.481. The van der Waals surface area contributed by atoms with Gasteiger partial charge in [0.05, 0.1) is 0 Å². The first kappa shape index (κ1) is 13.2. The maximum Gasteiger partial charge on any atom is 0.127 e. The third kappa shape index (κ3) is 3.14. The number of halogens is 1. The molecule has 0 aliphatic rings. The number of rotatable bonds is 4. The second-order valence-electron chi connectivity index (χ2n) is 4.39. The van der Waals surface area contributed by atoms with E-state index in [0.29, 0.717) is 0 Å². The Kier molecular flexibility index (Phi) is 4.43. The molecule has 0 radical (unpaired) electrons. The summed E-state index contributed by atoms with van der Waals surface area (Å²) in [5.74, 6) is 1.79. The van der Waals surface area contributed by atoms with E-state index in [1.165, 1.54) is 16.7 Å². The molecule has 0 aromatic heterocycles. The van der Waals surface area contributed by atoms with Crippen molar-refractivity contribution in [1.82, 2.24) is 0 Å². The summed E-state index contributed by atoms with van der Waals surface area (Å²) in [6, 6.07) is 14.1. The maximum atomic E-state index is 5.86. The van der Waals surface area contributed by atoms with Crippen LogP contribution in [-0.2, 0) is 6.42 Å². The summed E-state index contributed by atoms with van der Waals surface area (Å²) in [5, 5.41) is 0.994. The third-order valence-corrected chi connectivity index (χ3v) is 3.39. The highest BCUT2D eigenvalue weighted by Gasteiger charge is 2.06. The summed E-state index contributed by atoms with van der Waals surface area (Å²) in [6.45, 7) is 4.28. The Bertz CT molecular complexity index is 497. The summed E-state index contributed by atoms with van der Waals surface area (Å²) in [5.41, 5.74) is 3.99. The van der Waals surface area contributed by atoms with Crippen LogP contribution in [0.5, 0.6) is 11.5 Å². The zero-order valence-electron chi connectivity index (χ0n) is 10.7. The number of para-hydroxylation sites is 1. The molecule has 2 aromatic carbocycles. The van der Waals surface area contributed by atoms with Gasteiger partial charge in [0.25, 0.3) is 0 Å². The molecule has 0 amide bonds. The highest BCUT2D eigenvalue weighted by atomic mass is 79.9. The molecule has 0 unspecified atom stereocenters. The van der Waals surface area contributed by atoms with E-state index in [9.17, 15) is 0 Å². The number of hydrogen-bond donors (Lipinski definition) is 0. The molecule has 2 aromatic rings. The first-order valence-corrected chi connectivity index (χ1v) is 7.22. The first-order chi connectivity index (χ1) is 8.70. The molecule has 94 valence electrons. The lowest BCUT2D eigenvalue weighted by atomic mass is 10.0. The van der Waals surface area contributed by atoms with Crippen LogP contribution in [0.25, 0.3) is 0 Å². The molecule has 0 heterocycles. The Morgan fingerprint density at radius 1 is 0.944 bits per heavy atom. The van der Waals surface area contributed by atoms with E-state index in [-0.39, 0.29) is 0 Å². The number of benzene rings is 2. The molecule has 18 heavy (non-hydrogen) atoms. The molecule has 0 atom stereocenters. The van der Waals surface area contributed by atoms with Crippen molar-refractivity contribution in [3.8, 4) is 11.5 Å². The Balaban J connectivity index is 2.25. The minimum absolute atomic E-state index is 0.879. The van der Waals surface area contributed by atoms with Gasteiger partial charge in [0.15, 0.2) is 0 Å². The van der Waals surface area contributed by atoms with Gasteiger partial charge in [-0.05, 0) is 61.2 Å².